The summed E-state index contributed by atoms with van der Waals surface area (Å²) in [5, 5.41) is 19.4. The van der Waals surface area contributed by atoms with Gasteiger partial charge in [0.05, 0.1) is 20.3 Å². The lowest BCUT2D eigenvalue weighted by atomic mass is 9.93. The number of carbonyl (C=O) groups excluding carboxylic acids is 1. The van der Waals surface area contributed by atoms with E-state index in [-0.39, 0.29) is 24.6 Å². The Morgan fingerprint density at radius 2 is 1.97 bits per heavy atom. The first-order valence-electron chi connectivity index (χ1n) is 11.6. The van der Waals surface area contributed by atoms with Crippen molar-refractivity contribution in [3.8, 4) is 11.5 Å². The van der Waals surface area contributed by atoms with Crippen molar-refractivity contribution in [2.45, 2.75) is 64.1 Å². The molecule has 1 aromatic carbocycles. The first kappa shape index (κ1) is 24.6. The summed E-state index contributed by atoms with van der Waals surface area (Å²) in [6.45, 7) is 3.18. The van der Waals surface area contributed by atoms with Crippen molar-refractivity contribution in [3.63, 3.8) is 0 Å². The highest BCUT2D eigenvalue weighted by atomic mass is 16.5. The van der Waals surface area contributed by atoms with Crippen molar-refractivity contribution in [2.24, 2.45) is 0 Å². The number of aliphatic hydroxyl groups excluding tert-OH is 1. The molecule has 33 heavy (non-hydrogen) atoms. The Bertz CT molecular complexity index is 916. The third-order valence-electron chi connectivity index (χ3n) is 5.82. The van der Waals surface area contributed by atoms with Crippen LogP contribution in [0.1, 0.15) is 61.4 Å². The van der Waals surface area contributed by atoms with Crippen LogP contribution in [-0.2, 0) is 6.54 Å². The van der Waals surface area contributed by atoms with Crippen molar-refractivity contribution >= 4 is 17.7 Å². The molecule has 1 amide bonds. The second kappa shape index (κ2) is 12.2. The average Bonchev–Trinajstić information content (AvgIpc) is 2.84. The zero-order chi connectivity index (χ0) is 23.6. The molecule has 1 saturated carbocycles. The average molecular weight is 458 g/mol. The molecule has 0 saturated heterocycles. The van der Waals surface area contributed by atoms with E-state index in [4.69, 9.17) is 9.47 Å². The summed E-state index contributed by atoms with van der Waals surface area (Å²) < 4.78 is 10.7. The molecule has 0 bridgehead atoms. The summed E-state index contributed by atoms with van der Waals surface area (Å²) >= 11 is 0. The van der Waals surface area contributed by atoms with Crippen LogP contribution in [0.4, 0.5) is 11.8 Å². The number of aliphatic hydroxyl groups is 1. The molecule has 0 spiro atoms. The summed E-state index contributed by atoms with van der Waals surface area (Å²) in [6, 6.07) is 5.63. The van der Waals surface area contributed by atoms with E-state index in [9.17, 15) is 9.90 Å². The maximum atomic E-state index is 13.1. The van der Waals surface area contributed by atoms with Crippen LogP contribution in [0.3, 0.4) is 0 Å². The zero-order valence-corrected chi connectivity index (χ0v) is 19.7. The van der Waals surface area contributed by atoms with E-state index in [1.165, 1.54) is 0 Å². The standard InChI is InChI=1S/C24H35N5O4/c1-4-5-12-25-24-27-15-20(22(29-24)28-17-7-9-18(30)10-8-17)23(31)26-14-16-6-11-19(32-2)13-21(16)33-3/h6,11,13,15,17-18,30H,4-5,7-10,12,14H2,1-3H3,(H,26,31)(H2,25,27,28,29). The van der Waals surface area contributed by atoms with Gasteiger partial charge in [-0.3, -0.25) is 4.79 Å². The highest BCUT2D eigenvalue weighted by molar-refractivity contribution is 5.98. The molecule has 180 valence electrons. The molecule has 3 rings (SSSR count). The van der Waals surface area contributed by atoms with E-state index in [1.54, 1.807) is 26.5 Å². The molecular weight excluding hydrogens is 422 g/mol. The van der Waals surface area contributed by atoms with Crippen LogP contribution in [0.25, 0.3) is 0 Å². The van der Waals surface area contributed by atoms with Crippen molar-refractivity contribution in [2.75, 3.05) is 31.4 Å². The number of anilines is 2. The van der Waals surface area contributed by atoms with Gasteiger partial charge in [-0.1, -0.05) is 13.3 Å². The fourth-order valence-corrected chi connectivity index (χ4v) is 3.80. The number of hydrogen-bond acceptors (Lipinski definition) is 8. The van der Waals surface area contributed by atoms with E-state index in [0.717, 1.165) is 50.6 Å². The van der Waals surface area contributed by atoms with Gasteiger partial charge in [0, 0.05) is 37.0 Å². The Balaban J connectivity index is 1.74. The van der Waals surface area contributed by atoms with Crippen molar-refractivity contribution < 1.29 is 19.4 Å². The number of carbonyl (C=O) groups is 1. The molecule has 0 radical (unpaired) electrons. The minimum absolute atomic E-state index is 0.153. The number of nitrogens with one attached hydrogen (secondary N) is 3. The second-order valence-corrected chi connectivity index (χ2v) is 8.25. The number of nitrogens with zero attached hydrogens (tertiary/aromatic N) is 2. The van der Waals surface area contributed by atoms with Gasteiger partial charge in [-0.2, -0.15) is 4.98 Å². The summed E-state index contributed by atoms with van der Waals surface area (Å²) in [4.78, 5) is 22.0. The Hall–Kier alpha value is -3.07. The number of benzene rings is 1. The van der Waals surface area contributed by atoms with Crippen LogP contribution >= 0.6 is 0 Å². The number of aromatic nitrogens is 2. The molecule has 1 fully saturated rings. The lowest BCUT2D eigenvalue weighted by Gasteiger charge is -2.27. The van der Waals surface area contributed by atoms with Crippen LogP contribution in [0.2, 0.25) is 0 Å². The van der Waals surface area contributed by atoms with E-state index in [0.29, 0.717) is 28.8 Å². The van der Waals surface area contributed by atoms with Crippen LogP contribution in [0.15, 0.2) is 24.4 Å². The van der Waals surface area contributed by atoms with Gasteiger partial charge in [0.15, 0.2) is 0 Å². The van der Waals surface area contributed by atoms with E-state index < -0.39 is 0 Å². The van der Waals surface area contributed by atoms with E-state index in [2.05, 4.69) is 32.8 Å². The minimum atomic E-state index is -0.272. The number of hydrogen-bond donors (Lipinski definition) is 4. The maximum absolute atomic E-state index is 13.1. The Labute approximate surface area is 195 Å². The minimum Gasteiger partial charge on any atom is -0.497 e. The lowest BCUT2D eigenvalue weighted by Crippen LogP contribution is -2.31. The Morgan fingerprint density at radius 1 is 1.18 bits per heavy atom. The quantitative estimate of drug-likeness (QED) is 0.380. The topological polar surface area (TPSA) is 118 Å². The molecule has 0 unspecified atom stereocenters. The van der Waals surface area contributed by atoms with Gasteiger partial charge in [-0.25, -0.2) is 4.98 Å². The molecule has 4 N–H and O–H groups in total. The van der Waals surface area contributed by atoms with Crippen LogP contribution in [0.5, 0.6) is 11.5 Å². The molecule has 1 aromatic heterocycles. The molecule has 1 aliphatic rings. The van der Waals surface area contributed by atoms with Crippen molar-refractivity contribution in [1.29, 1.82) is 0 Å². The molecule has 2 aromatic rings. The van der Waals surface area contributed by atoms with Gasteiger partial charge in [0.1, 0.15) is 22.9 Å². The fraction of sp³-hybridized carbons (Fsp3) is 0.542. The summed E-state index contributed by atoms with van der Waals surface area (Å²) in [5.41, 5.74) is 1.22. The predicted molar refractivity (Wildman–Crippen MR) is 128 cm³/mol. The van der Waals surface area contributed by atoms with Crippen LogP contribution < -0.4 is 25.4 Å². The first-order chi connectivity index (χ1) is 16.0. The normalized spacial score (nSPS) is 17.8. The predicted octanol–water partition coefficient (Wildman–Crippen LogP) is 3.35. The Kier molecular flexibility index (Phi) is 9.12. The monoisotopic (exact) mass is 457 g/mol. The van der Waals surface area contributed by atoms with Gasteiger partial charge >= 0.3 is 0 Å². The summed E-state index contributed by atoms with van der Waals surface area (Å²) in [6.07, 6.45) is 6.52. The van der Waals surface area contributed by atoms with Crippen LogP contribution in [-0.4, -0.2) is 53.9 Å². The third kappa shape index (κ3) is 6.95. The van der Waals surface area contributed by atoms with E-state index >= 15 is 0 Å². The number of amides is 1. The molecule has 9 nitrogen and oxygen atoms in total. The number of unbranched alkanes of at least 4 members (excludes halogenated alkanes) is 1. The zero-order valence-electron chi connectivity index (χ0n) is 19.7. The molecule has 1 heterocycles. The number of ether oxygens (including phenoxy) is 2. The Morgan fingerprint density at radius 3 is 2.67 bits per heavy atom. The van der Waals surface area contributed by atoms with Crippen molar-refractivity contribution in [3.05, 3.63) is 35.5 Å². The largest absolute Gasteiger partial charge is 0.497 e. The van der Waals surface area contributed by atoms with Crippen molar-refractivity contribution in [1.82, 2.24) is 15.3 Å². The lowest BCUT2D eigenvalue weighted by molar-refractivity contribution is 0.0950. The van der Waals surface area contributed by atoms with E-state index in [1.807, 2.05) is 12.1 Å². The highest BCUT2D eigenvalue weighted by Crippen LogP contribution is 2.26. The number of rotatable bonds is 11. The smallest absolute Gasteiger partial charge is 0.256 e. The molecule has 0 atom stereocenters. The summed E-state index contributed by atoms with van der Waals surface area (Å²) in [7, 11) is 3.18. The first-order valence-corrected chi connectivity index (χ1v) is 11.6. The molecule has 9 heteroatoms. The second-order valence-electron chi connectivity index (χ2n) is 8.25. The highest BCUT2D eigenvalue weighted by Gasteiger charge is 2.23. The van der Waals surface area contributed by atoms with Gasteiger partial charge in [-0.15, -0.1) is 0 Å². The van der Waals surface area contributed by atoms with Gasteiger partial charge < -0.3 is 30.5 Å². The fourth-order valence-electron chi connectivity index (χ4n) is 3.80. The molecule has 0 aliphatic heterocycles. The molecule has 1 aliphatic carbocycles. The third-order valence-corrected chi connectivity index (χ3v) is 5.82. The van der Waals surface area contributed by atoms with Crippen LogP contribution in [0, 0.1) is 0 Å². The SMILES string of the molecule is CCCCNc1ncc(C(=O)NCc2ccc(OC)cc2OC)c(NC2CCC(O)CC2)n1. The maximum Gasteiger partial charge on any atom is 0.256 e. The van der Waals surface area contributed by atoms with Gasteiger partial charge in [0.25, 0.3) is 5.91 Å². The number of methoxy groups -OCH3 is 2. The summed E-state index contributed by atoms with van der Waals surface area (Å²) in [5.74, 6) is 2.05. The molecular formula is C24H35N5O4. The van der Waals surface area contributed by atoms with Gasteiger partial charge in [0.2, 0.25) is 5.95 Å². The van der Waals surface area contributed by atoms with Gasteiger partial charge in [-0.05, 0) is 44.2 Å².